The lowest BCUT2D eigenvalue weighted by Crippen LogP contribution is -2.03. The number of hydrogen-bond acceptors (Lipinski definition) is 3. The highest BCUT2D eigenvalue weighted by atomic mass is 35.5. The Morgan fingerprint density at radius 3 is 3.07 bits per heavy atom. The van der Waals surface area contributed by atoms with Crippen molar-refractivity contribution in [2.24, 2.45) is 0 Å². The Bertz CT molecular complexity index is 301. The summed E-state index contributed by atoms with van der Waals surface area (Å²) >= 11 is 7.66. The molecule has 2 heterocycles. The minimum absolute atomic E-state index is 0.574. The van der Waals surface area contributed by atoms with Crippen LogP contribution in [0.2, 0.25) is 5.15 Å². The molecule has 2 rings (SSSR count). The lowest BCUT2D eigenvalue weighted by molar-refractivity contribution is 0.584. The molecule has 0 radical (unpaired) electrons. The summed E-state index contributed by atoms with van der Waals surface area (Å²) in [5, 5.41) is 1.29. The summed E-state index contributed by atoms with van der Waals surface area (Å²) in [4.78, 5) is 4.08. The Kier molecular flexibility index (Phi) is 3.31. The summed E-state index contributed by atoms with van der Waals surface area (Å²) in [6, 6.07) is 3.93. The van der Waals surface area contributed by atoms with E-state index in [9.17, 15) is 0 Å². The predicted octanol–water partition coefficient (Wildman–Crippen LogP) is 2.63. The molecule has 1 saturated heterocycles. The third-order valence-corrected chi connectivity index (χ3v) is 3.81. The second-order valence-corrected chi connectivity index (χ2v) is 5.45. The van der Waals surface area contributed by atoms with Gasteiger partial charge in [0, 0.05) is 18.0 Å². The van der Waals surface area contributed by atoms with Crippen LogP contribution in [0.4, 0.5) is 0 Å². The van der Waals surface area contributed by atoms with Crippen molar-refractivity contribution in [3.05, 3.63) is 29.0 Å². The second-order valence-electron chi connectivity index (χ2n) is 3.56. The molecule has 4 heteroatoms. The molecule has 1 unspecified atom stereocenters. The average Bonchev–Trinajstić information content (AvgIpc) is 2.56. The highest BCUT2D eigenvalue weighted by Crippen LogP contribution is 2.29. The predicted molar refractivity (Wildman–Crippen MR) is 61.6 cm³/mol. The summed E-state index contributed by atoms with van der Waals surface area (Å²) in [5.41, 5.74) is 1.28. The van der Waals surface area contributed by atoms with E-state index in [0.717, 1.165) is 6.42 Å². The van der Waals surface area contributed by atoms with E-state index in [1.54, 1.807) is 0 Å². The van der Waals surface area contributed by atoms with E-state index >= 15 is 0 Å². The van der Waals surface area contributed by atoms with Crippen LogP contribution in [0.3, 0.4) is 0 Å². The topological polar surface area (TPSA) is 16.1 Å². The molecule has 1 atom stereocenters. The first kappa shape index (κ1) is 10.3. The maximum atomic E-state index is 5.73. The molecule has 0 amide bonds. The van der Waals surface area contributed by atoms with Crippen LogP contribution in [0.1, 0.15) is 12.0 Å². The average molecular weight is 229 g/mol. The maximum Gasteiger partial charge on any atom is 0.129 e. The van der Waals surface area contributed by atoms with E-state index in [1.807, 2.05) is 24.2 Å². The van der Waals surface area contributed by atoms with Gasteiger partial charge in [0.05, 0.1) is 0 Å². The highest BCUT2D eigenvalue weighted by molar-refractivity contribution is 7.97. The van der Waals surface area contributed by atoms with E-state index in [2.05, 4.69) is 22.4 Å². The van der Waals surface area contributed by atoms with E-state index in [0.29, 0.717) is 10.4 Å². The van der Waals surface area contributed by atoms with E-state index in [1.165, 1.54) is 18.5 Å². The molecular weight excluding hydrogens is 216 g/mol. The van der Waals surface area contributed by atoms with E-state index in [4.69, 9.17) is 11.6 Å². The van der Waals surface area contributed by atoms with Crippen LogP contribution in [0.25, 0.3) is 0 Å². The van der Waals surface area contributed by atoms with Gasteiger partial charge in [-0.3, -0.25) is 4.31 Å². The smallest absolute Gasteiger partial charge is 0.129 e. The van der Waals surface area contributed by atoms with E-state index in [-0.39, 0.29) is 0 Å². The Hall–Kier alpha value is -0.250. The third-order valence-electron chi connectivity index (χ3n) is 2.35. The van der Waals surface area contributed by atoms with E-state index < -0.39 is 0 Å². The molecule has 14 heavy (non-hydrogen) atoms. The molecule has 0 saturated carbocycles. The number of pyridine rings is 1. The van der Waals surface area contributed by atoms with Crippen molar-refractivity contribution in [3.63, 3.8) is 0 Å². The zero-order chi connectivity index (χ0) is 9.97. The lowest BCUT2D eigenvalue weighted by Gasteiger charge is -2.09. The first-order valence-corrected chi connectivity index (χ1v) is 5.94. The summed E-state index contributed by atoms with van der Waals surface area (Å²) in [5.74, 6) is 0. The van der Waals surface area contributed by atoms with Gasteiger partial charge in [-0.05, 0) is 31.5 Å². The molecule has 1 aromatic heterocycles. The fourth-order valence-corrected chi connectivity index (χ4v) is 2.92. The summed E-state index contributed by atoms with van der Waals surface area (Å²) in [6.07, 6.45) is 4.24. The molecule has 1 fully saturated rings. The molecule has 2 nitrogen and oxygen atoms in total. The van der Waals surface area contributed by atoms with Gasteiger partial charge in [-0.25, -0.2) is 4.98 Å². The molecule has 1 aliphatic heterocycles. The first-order valence-electron chi connectivity index (χ1n) is 4.72. The lowest BCUT2D eigenvalue weighted by atomic mass is 10.1. The number of halogens is 1. The second kappa shape index (κ2) is 4.51. The van der Waals surface area contributed by atoms with Gasteiger partial charge in [0.25, 0.3) is 0 Å². The van der Waals surface area contributed by atoms with Crippen LogP contribution in [0.15, 0.2) is 18.3 Å². The Morgan fingerprint density at radius 1 is 1.64 bits per heavy atom. The Balaban J connectivity index is 1.94. The molecule has 1 aliphatic rings. The van der Waals surface area contributed by atoms with Crippen LogP contribution in [-0.4, -0.2) is 28.1 Å². The molecular formula is C10H13ClN2S. The van der Waals surface area contributed by atoms with Gasteiger partial charge in [-0.15, -0.1) is 0 Å². The van der Waals surface area contributed by atoms with Crippen molar-refractivity contribution in [2.45, 2.75) is 18.1 Å². The van der Waals surface area contributed by atoms with Crippen LogP contribution in [0.5, 0.6) is 0 Å². The first-order chi connectivity index (χ1) is 6.74. The van der Waals surface area contributed by atoms with Gasteiger partial charge in [0.2, 0.25) is 0 Å². The monoisotopic (exact) mass is 228 g/mol. The molecule has 0 bridgehead atoms. The van der Waals surface area contributed by atoms with Crippen molar-refractivity contribution in [3.8, 4) is 0 Å². The van der Waals surface area contributed by atoms with Crippen LogP contribution >= 0.6 is 23.5 Å². The zero-order valence-corrected chi connectivity index (χ0v) is 9.68. The molecule has 0 aliphatic carbocycles. The zero-order valence-electron chi connectivity index (χ0n) is 8.11. The van der Waals surface area contributed by atoms with Crippen molar-refractivity contribution < 1.29 is 0 Å². The molecule has 0 spiro atoms. The van der Waals surface area contributed by atoms with Crippen LogP contribution in [-0.2, 0) is 6.42 Å². The van der Waals surface area contributed by atoms with Gasteiger partial charge in [0.1, 0.15) is 5.15 Å². The molecule has 0 N–H and O–H groups in total. The van der Waals surface area contributed by atoms with Crippen molar-refractivity contribution in [1.82, 2.24) is 9.29 Å². The summed E-state index contributed by atoms with van der Waals surface area (Å²) in [7, 11) is 2.14. The summed E-state index contributed by atoms with van der Waals surface area (Å²) in [6.45, 7) is 1.19. The number of nitrogens with zero attached hydrogens (tertiary/aromatic N) is 2. The van der Waals surface area contributed by atoms with Crippen molar-refractivity contribution >= 4 is 23.5 Å². The Labute approximate surface area is 93.8 Å². The van der Waals surface area contributed by atoms with Gasteiger partial charge < -0.3 is 0 Å². The summed E-state index contributed by atoms with van der Waals surface area (Å²) < 4.78 is 2.30. The minimum Gasteiger partial charge on any atom is -0.253 e. The standard InChI is InChI=1S/C10H13ClN2S/c1-13-5-4-9(14-13)6-8-2-3-10(11)12-7-8/h2-3,7,9H,4-6H2,1H3. The largest absolute Gasteiger partial charge is 0.253 e. The number of rotatable bonds is 2. The van der Waals surface area contributed by atoms with Gasteiger partial charge in [-0.2, -0.15) is 0 Å². The van der Waals surface area contributed by atoms with Gasteiger partial charge in [-0.1, -0.05) is 29.6 Å². The van der Waals surface area contributed by atoms with Gasteiger partial charge in [0.15, 0.2) is 0 Å². The number of hydrogen-bond donors (Lipinski definition) is 0. The fraction of sp³-hybridized carbons (Fsp3) is 0.500. The fourth-order valence-electron chi connectivity index (χ4n) is 1.62. The number of aromatic nitrogens is 1. The molecule has 76 valence electrons. The normalized spacial score (nSPS) is 22.9. The maximum absolute atomic E-state index is 5.73. The third kappa shape index (κ3) is 2.62. The molecule has 1 aromatic rings. The van der Waals surface area contributed by atoms with Crippen molar-refractivity contribution in [2.75, 3.05) is 13.6 Å². The van der Waals surface area contributed by atoms with Crippen LogP contribution in [0, 0.1) is 0 Å². The van der Waals surface area contributed by atoms with Crippen molar-refractivity contribution in [1.29, 1.82) is 0 Å². The Morgan fingerprint density at radius 2 is 2.50 bits per heavy atom. The molecule has 0 aromatic carbocycles. The highest BCUT2D eigenvalue weighted by Gasteiger charge is 2.20. The quantitative estimate of drug-likeness (QED) is 0.572. The van der Waals surface area contributed by atoms with Gasteiger partial charge >= 0.3 is 0 Å². The van der Waals surface area contributed by atoms with Crippen LogP contribution < -0.4 is 0 Å². The minimum atomic E-state index is 0.574. The SMILES string of the molecule is CN1CCC(Cc2ccc(Cl)nc2)S1.